The van der Waals surface area contributed by atoms with Crippen LogP contribution >= 0.6 is 0 Å². The van der Waals surface area contributed by atoms with E-state index < -0.39 is 0 Å². The van der Waals surface area contributed by atoms with Crippen LogP contribution in [0.4, 0.5) is 0 Å². The van der Waals surface area contributed by atoms with Crippen LogP contribution in [0, 0.1) is 0 Å². The maximum absolute atomic E-state index is 12.0. The first-order valence-electron chi connectivity index (χ1n) is 7.56. The average molecular weight is 301 g/mol. The Morgan fingerprint density at radius 2 is 2.18 bits per heavy atom. The second-order valence-electron chi connectivity index (χ2n) is 5.27. The molecule has 0 spiro atoms. The lowest BCUT2D eigenvalue weighted by Crippen LogP contribution is -2.42. The summed E-state index contributed by atoms with van der Waals surface area (Å²) in [5.74, 6) is 1.12. The number of hydrogen-bond acceptors (Lipinski definition) is 5. The van der Waals surface area contributed by atoms with Crippen molar-refractivity contribution in [2.45, 2.75) is 25.9 Å². The van der Waals surface area contributed by atoms with Crippen molar-refractivity contribution in [1.29, 1.82) is 0 Å². The fourth-order valence-electron chi connectivity index (χ4n) is 2.47. The Labute approximate surface area is 129 Å². The molecule has 6 heteroatoms. The first-order chi connectivity index (χ1) is 10.8. The van der Waals surface area contributed by atoms with Gasteiger partial charge in [-0.3, -0.25) is 4.79 Å². The molecule has 1 aromatic heterocycles. The largest absolute Gasteiger partial charge is 0.366 e. The summed E-state index contributed by atoms with van der Waals surface area (Å²) in [7, 11) is 0. The van der Waals surface area contributed by atoms with Gasteiger partial charge in [-0.25, -0.2) is 0 Å². The Balaban J connectivity index is 1.72. The van der Waals surface area contributed by atoms with Gasteiger partial charge in [0.25, 0.3) is 5.89 Å². The van der Waals surface area contributed by atoms with Crippen LogP contribution in [0.2, 0.25) is 0 Å². The van der Waals surface area contributed by atoms with Crippen molar-refractivity contribution in [3.05, 3.63) is 36.2 Å². The van der Waals surface area contributed by atoms with Crippen LogP contribution < -0.4 is 0 Å². The minimum atomic E-state index is -0.323. The fourth-order valence-corrected chi connectivity index (χ4v) is 2.47. The van der Waals surface area contributed by atoms with E-state index in [1.807, 2.05) is 42.2 Å². The number of nitrogens with zero attached hydrogens (tertiary/aromatic N) is 3. The van der Waals surface area contributed by atoms with Crippen LogP contribution in [-0.2, 0) is 9.53 Å². The predicted molar refractivity (Wildman–Crippen MR) is 79.9 cm³/mol. The molecule has 3 rings (SSSR count). The fraction of sp³-hybridized carbons (Fsp3) is 0.438. The lowest BCUT2D eigenvalue weighted by molar-refractivity contribution is -0.139. The van der Waals surface area contributed by atoms with Crippen molar-refractivity contribution >= 4 is 5.91 Å². The summed E-state index contributed by atoms with van der Waals surface area (Å²) in [4.78, 5) is 18.2. The van der Waals surface area contributed by atoms with Crippen LogP contribution in [0.3, 0.4) is 0 Å². The SMILES string of the molecule is CCCC(=O)N1CCO[C@H](c2noc(-c3ccccc3)n2)C1. The number of benzene rings is 1. The zero-order valence-electron chi connectivity index (χ0n) is 12.6. The molecule has 0 unspecified atom stereocenters. The topological polar surface area (TPSA) is 68.5 Å². The number of carbonyl (C=O) groups is 1. The lowest BCUT2D eigenvalue weighted by Gasteiger charge is -2.31. The van der Waals surface area contributed by atoms with E-state index >= 15 is 0 Å². The first-order valence-corrected chi connectivity index (χ1v) is 7.56. The minimum Gasteiger partial charge on any atom is -0.366 e. The zero-order chi connectivity index (χ0) is 15.4. The summed E-state index contributed by atoms with van der Waals surface area (Å²) < 4.78 is 11.0. The maximum atomic E-state index is 12.0. The van der Waals surface area contributed by atoms with Crippen molar-refractivity contribution < 1.29 is 14.1 Å². The van der Waals surface area contributed by atoms with E-state index in [0.717, 1.165) is 12.0 Å². The smallest absolute Gasteiger partial charge is 0.258 e. The van der Waals surface area contributed by atoms with Gasteiger partial charge >= 0.3 is 0 Å². The van der Waals surface area contributed by atoms with Gasteiger partial charge in [0, 0.05) is 18.5 Å². The Morgan fingerprint density at radius 3 is 2.95 bits per heavy atom. The molecule has 0 aliphatic carbocycles. The molecule has 1 saturated heterocycles. The van der Waals surface area contributed by atoms with Crippen LogP contribution in [0.25, 0.3) is 11.5 Å². The third kappa shape index (κ3) is 3.17. The Hall–Kier alpha value is -2.21. The number of amides is 1. The highest BCUT2D eigenvalue weighted by molar-refractivity contribution is 5.76. The van der Waals surface area contributed by atoms with E-state index in [1.165, 1.54) is 0 Å². The second kappa shape index (κ2) is 6.70. The van der Waals surface area contributed by atoms with Crippen LogP contribution in [-0.4, -0.2) is 40.6 Å². The third-order valence-electron chi connectivity index (χ3n) is 3.63. The number of ether oxygens (including phenoxy) is 1. The first kappa shape index (κ1) is 14.7. The molecule has 6 nitrogen and oxygen atoms in total. The normalized spacial score (nSPS) is 18.4. The number of morpholine rings is 1. The molecule has 0 bridgehead atoms. The number of rotatable bonds is 4. The summed E-state index contributed by atoms with van der Waals surface area (Å²) in [5, 5.41) is 4.01. The van der Waals surface area contributed by atoms with Crippen molar-refractivity contribution in [2.75, 3.05) is 19.7 Å². The highest BCUT2D eigenvalue weighted by Gasteiger charge is 2.28. The molecule has 1 aromatic carbocycles. The third-order valence-corrected chi connectivity index (χ3v) is 3.63. The Bertz CT molecular complexity index is 627. The van der Waals surface area contributed by atoms with E-state index in [-0.39, 0.29) is 12.0 Å². The van der Waals surface area contributed by atoms with Crippen molar-refractivity contribution in [1.82, 2.24) is 15.0 Å². The van der Waals surface area contributed by atoms with Gasteiger partial charge in [-0.15, -0.1) is 0 Å². The van der Waals surface area contributed by atoms with E-state index in [1.54, 1.807) is 0 Å². The van der Waals surface area contributed by atoms with Gasteiger partial charge in [0.05, 0.1) is 13.2 Å². The average Bonchev–Trinajstić information content (AvgIpc) is 3.06. The van der Waals surface area contributed by atoms with Gasteiger partial charge in [-0.2, -0.15) is 4.98 Å². The van der Waals surface area contributed by atoms with Gasteiger partial charge in [0.1, 0.15) is 6.10 Å². The highest BCUT2D eigenvalue weighted by atomic mass is 16.5. The molecule has 22 heavy (non-hydrogen) atoms. The summed E-state index contributed by atoms with van der Waals surface area (Å²) in [6.45, 7) is 3.60. The molecule has 116 valence electrons. The highest BCUT2D eigenvalue weighted by Crippen LogP contribution is 2.23. The number of carbonyl (C=O) groups excluding carboxylic acids is 1. The zero-order valence-corrected chi connectivity index (χ0v) is 12.6. The van der Waals surface area contributed by atoms with Crippen LogP contribution in [0.1, 0.15) is 31.7 Å². The van der Waals surface area contributed by atoms with Gasteiger partial charge in [-0.05, 0) is 18.6 Å². The molecule has 2 heterocycles. The van der Waals surface area contributed by atoms with Crippen molar-refractivity contribution in [2.24, 2.45) is 0 Å². The summed E-state index contributed by atoms with van der Waals surface area (Å²) in [6, 6.07) is 9.59. The van der Waals surface area contributed by atoms with Crippen molar-refractivity contribution in [3.8, 4) is 11.5 Å². The molecular weight excluding hydrogens is 282 g/mol. The van der Waals surface area contributed by atoms with Gasteiger partial charge in [0.15, 0.2) is 0 Å². The summed E-state index contributed by atoms with van der Waals surface area (Å²) >= 11 is 0. The lowest BCUT2D eigenvalue weighted by atomic mass is 10.2. The summed E-state index contributed by atoms with van der Waals surface area (Å²) in [5.41, 5.74) is 0.871. The molecule has 1 atom stereocenters. The van der Waals surface area contributed by atoms with Gasteiger partial charge < -0.3 is 14.2 Å². The molecule has 0 radical (unpaired) electrons. The second-order valence-corrected chi connectivity index (χ2v) is 5.27. The number of aromatic nitrogens is 2. The van der Waals surface area contributed by atoms with E-state index in [9.17, 15) is 4.79 Å². The van der Waals surface area contributed by atoms with Crippen LogP contribution in [0.5, 0.6) is 0 Å². The minimum absolute atomic E-state index is 0.155. The molecule has 1 aliphatic heterocycles. The standard InChI is InChI=1S/C16H19N3O3/c1-2-6-14(20)19-9-10-21-13(11-19)15-17-16(22-18-15)12-7-4-3-5-8-12/h3-5,7-8,13H,2,6,9-11H2,1H3/t13-/m0/s1. The van der Waals surface area contributed by atoms with Gasteiger partial charge in [-0.1, -0.05) is 30.3 Å². The van der Waals surface area contributed by atoms with E-state index in [2.05, 4.69) is 10.1 Å². The molecule has 2 aromatic rings. The monoisotopic (exact) mass is 301 g/mol. The van der Waals surface area contributed by atoms with E-state index in [0.29, 0.717) is 37.8 Å². The van der Waals surface area contributed by atoms with Crippen LogP contribution in [0.15, 0.2) is 34.9 Å². The Kier molecular flexibility index (Phi) is 4.48. The molecule has 0 N–H and O–H groups in total. The predicted octanol–water partition coefficient (Wildman–Crippen LogP) is 2.44. The molecular formula is C16H19N3O3. The van der Waals surface area contributed by atoms with Gasteiger partial charge in [0.2, 0.25) is 11.7 Å². The maximum Gasteiger partial charge on any atom is 0.258 e. The molecule has 1 aliphatic rings. The molecule has 1 fully saturated rings. The molecule has 1 amide bonds. The van der Waals surface area contributed by atoms with E-state index in [4.69, 9.17) is 9.26 Å². The summed E-state index contributed by atoms with van der Waals surface area (Å²) in [6.07, 6.45) is 1.09. The number of hydrogen-bond donors (Lipinski definition) is 0. The quantitative estimate of drug-likeness (QED) is 0.867. The molecule has 0 saturated carbocycles. The Morgan fingerprint density at radius 1 is 1.36 bits per heavy atom. The van der Waals surface area contributed by atoms with Crippen molar-refractivity contribution in [3.63, 3.8) is 0 Å².